The van der Waals surface area contributed by atoms with E-state index in [0.29, 0.717) is 29.6 Å². The summed E-state index contributed by atoms with van der Waals surface area (Å²) in [6, 6.07) is 5.37. The van der Waals surface area contributed by atoms with Gasteiger partial charge in [-0.15, -0.1) is 0 Å². The second-order valence-corrected chi connectivity index (χ2v) is 4.26. The maximum Gasteiger partial charge on any atom is 0.328 e. The van der Waals surface area contributed by atoms with Crippen LogP contribution in [0.4, 0.5) is 0 Å². The Labute approximate surface area is 107 Å². The number of rotatable bonds is 6. The van der Waals surface area contributed by atoms with E-state index >= 15 is 0 Å². The first-order valence-electron chi connectivity index (χ1n) is 5.75. The van der Waals surface area contributed by atoms with Gasteiger partial charge in [0.05, 0.1) is 13.7 Å². The molecule has 0 heterocycles. The van der Waals surface area contributed by atoms with Crippen LogP contribution in [0.5, 0.6) is 11.5 Å². The molecule has 4 heteroatoms. The molecule has 0 atom stereocenters. The van der Waals surface area contributed by atoms with Gasteiger partial charge in [0.25, 0.3) is 0 Å². The molecule has 98 valence electrons. The number of benzene rings is 1. The third kappa shape index (κ3) is 4.13. The van der Waals surface area contributed by atoms with Crippen LogP contribution in [0.25, 0.3) is 6.08 Å². The van der Waals surface area contributed by atoms with Crippen molar-refractivity contribution >= 4 is 12.0 Å². The molecule has 0 unspecified atom stereocenters. The van der Waals surface area contributed by atoms with E-state index in [2.05, 4.69) is 0 Å². The van der Waals surface area contributed by atoms with E-state index < -0.39 is 5.97 Å². The molecule has 1 aromatic carbocycles. The molecule has 0 spiro atoms. The molecular formula is C14H18O4. The Kier molecular flexibility index (Phi) is 5.24. The van der Waals surface area contributed by atoms with Crippen molar-refractivity contribution in [2.75, 3.05) is 13.7 Å². The topological polar surface area (TPSA) is 55.8 Å². The number of para-hydroxylation sites is 1. The molecule has 0 radical (unpaired) electrons. The molecule has 1 N–H and O–H groups in total. The Balaban J connectivity index is 3.03. The average molecular weight is 250 g/mol. The van der Waals surface area contributed by atoms with E-state index in [1.54, 1.807) is 25.3 Å². The molecule has 4 nitrogen and oxygen atoms in total. The molecule has 0 amide bonds. The number of carbonyl (C=O) groups is 1. The van der Waals surface area contributed by atoms with E-state index in [-0.39, 0.29) is 0 Å². The van der Waals surface area contributed by atoms with Gasteiger partial charge in [0.15, 0.2) is 11.5 Å². The third-order valence-electron chi connectivity index (χ3n) is 2.20. The SMILES string of the molecule is COc1cccc(/C=C/C(=O)O)c1OCC(C)C. The first-order valence-corrected chi connectivity index (χ1v) is 5.75. The molecule has 0 aliphatic carbocycles. The summed E-state index contributed by atoms with van der Waals surface area (Å²) in [6.45, 7) is 4.64. The molecule has 0 saturated carbocycles. The minimum atomic E-state index is -0.993. The van der Waals surface area contributed by atoms with Gasteiger partial charge < -0.3 is 14.6 Å². The highest BCUT2D eigenvalue weighted by molar-refractivity contribution is 5.86. The molecule has 0 aliphatic rings. The number of hydrogen-bond donors (Lipinski definition) is 1. The fourth-order valence-electron chi connectivity index (χ4n) is 1.39. The van der Waals surface area contributed by atoms with Crippen molar-refractivity contribution in [3.05, 3.63) is 29.8 Å². The predicted molar refractivity (Wildman–Crippen MR) is 70.0 cm³/mol. The smallest absolute Gasteiger partial charge is 0.328 e. The minimum Gasteiger partial charge on any atom is -0.493 e. The van der Waals surface area contributed by atoms with Crippen molar-refractivity contribution in [3.63, 3.8) is 0 Å². The predicted octanol–water partition coefficient (Wildman–Crippen LogP) is 2.83. The van der Waals surface area contributed by atoms with E-state index in [0.717, 1.165) is 6.08 Å². The third-order valence-corrected chi connectivity index (χ3v) is 2.20. The Morgan fingerprint density at radius 3 is 2.72 bits per heavy atom. The van der Waals surface area contributed by atoms with Crippen LogP contribution in [0, 0.1) is 5.92 Å². The van der Waals surface area contributed by atoms with Gasteiger partial charge in [-0.25, -0.2) is 4.79 Å². The molecule has 18 heavy (non-hydrogen) atoms. The van der Waals surface area contributed by atoms with Crippen LogP contribution in [0.2, 0.25) is 0 Å². The Hall–Kier alpha value is -1.97. The summed E-state index contributed by atoms with van der Waals surface area (Å²) in [5.41, 5.74) is 0.692. The largest absolute Gasteiger partial charge is 0.493 e. The fourth-order valence-corrected chi connectivity index (χ4v) is 1.39. The summed E-state index contributed by atoms with van der Waals surface area (Å²) in [5.74, 6) is 0.563. The van der Waals surface area contributed by atoms with E-state index in [1.807, 2.05) is 13.8 Å². The van der Waals surface area contributed by atoms with Crippen LogP contribution in [0.1, 0.15) is 19.4 Å². The van der Waals surface area contributed by atoms with Gasteiger partial charge in [-0.3, -0.25) is 0 Å². The quantitative estimate of drug-likeness (QED) is 0.789. The number of ether oxygens (including phenoxy) is 2. The van der Waals surface area contributed by atoms with Crippen molar-refractivity contribution in [3.8, 4) is 11.5 Å². The highest BCUT2D eigenvalue weighted by Gasteiger charge is 2.09. The first-order chi connectivity index (χ1) is 8.54. The lowest BCUT2D eigenvalue weighted by molar-refractivity contribution is -0.131. The van der Waals surface area contributed by atoms with Crippen molar-refractivity contribution in [1.29, 1.82) is 0 Å². The van der Waals surface area contributed by atoms with Crippen molar-refractivity contribution in [2.45, 2.75) is 13.8 Å². The number of carboxylic acids is 1. The second-order valence-electron chi connectivity index (χ2n) is 4.26. The standard InChI is InChI=1S/C14H18O4/c1-10(2)9-18-14-11(7-8-13(15)16)5-4-6-12(14)17-3/h4-8,10H,9H2,1-3H3,(H,15,16)/b8-7+. The van der Waals surface area contributed by atoms with Crippen molar-refractivity contribution < 1.29 is 19.4 Å². The summed E-state index contributed by atoms with van der Waals surface area (Å²) in [6.07, 6.45) is 2.58. The maximum atomic E-state index is 10.5. The molecule has 0 bridgehead atoms. The fraction of sp³-hybridized carbons (Fsp3) is 0.357. The first kappa shape index (κ1) is 14.1. The monoisotopic (exact) mass is 250 g/mol. The molecule has 0 aliphatic heterocycles. The van der Waals surface area contributed by atoms with Crippen LogP contribution in [-0.4, -0.2) is 24.8 Å². The Morgan fingerprint density at radius 2 is 2.17 bits per heavy atom. The van der Waals surface area contributed by atoms with Gasteiger partial charge in [0.2, 0.25) is 0 Å². The average Bonchev–Trinajstić information content (AvgIpc) is 2.33. The summed E-state index contributed by atoms with van der Waals surface area (Å²) in [4.78, 5) is 10.5. The number of aliphatic carboxylic acids is 1. The van der Waals surface area contributed by atoms with Gasteiger partial charge >= 0.3 is 5.97 Å². The molecule has 1 aromatic rings. The normalized spacial score (nSPS) is 10.9. The van der Waals surface area contributed by atoms with Crippen LogP contribution < -0.4 is 9.47 Å². The van der Waals surface area contributed by atoms with Gasteiger partial charge in [-0.05, 0) is 18.1 Å². The Bertz CT molecular complexity index is 435. The zero-order valence-electron chi connectivity index (χ0n) is 10.8. The second kappa shape index (κ2) is 6.69. The van der Waals surface area contributed by atoms with Gasteiger partial charge in [-0.1, -0.05) is 26.0 Å². The lowest BCUT2D eigenvalue weighted by Crippen LogP contribution is -2.06. The molecule has 0 fully saturated rings. The zero-order chi connectivity index (χ0) is 13.5. The molecular weight excluding hydrogens is 232 g/mol. The number of methoxy groups -OCH3 is 1. The van der Waals surface area contributed by atoms with E-state index in [4.69, 9.17) is 14.6 Å². The minimum absolute atomic E-state index is 0.381. The molecule has 0 saturated heterocycles. The summed E-state index contributed by atoms with van der Waals surface area (Å²) in [5, 5.41) is 8.65. The zero-order valence-corrected chi connectivity index (χ0v) is 10.8. The summed E-state index contributed by atoms with van der Waals surface area (Å²) >= 11 is 0. The van der Waals surface area contributed by atoms with Gasteiger partial charge in [-0.2, -0.15) is 0 Å². The lowest BCUT2D eigenvalue weighted by atomic mass is 10.1. The summed E-state index contributed by atoms with van der Waals surface area (Å²) < 4.78 is 10.9. The van der Waals surface area contributed by atoms with E-state index in [1.165, 1.54) is 6.08 Å². The maximum absolute atomic E-state index is 10.5. The molecule has 1 rings (SSSR count). The van der Waals surface area contributed by atoms with Crippen molar-refractivity contribution in [2.24, 2.45) is 5.92 Å². The lowest BCUT2D eigenvalue weighted by Gasteiger charge is -2.14. The number of hydrogen-bond acceptors (Lipinski definition) is 3. The van der Waals surface area contributed by atoms with Crippen LogP contribution in [0.3, 0.4) is 0 Å². The summed E-state index contributed by atoms with van der Waals surface area (Å²) in [7, 11) is 1.56. The van der Waals surface area contributed by atoms with Crippen LogP contribution in [0.15, 0.2) is 24.3 Å². The Morgan fingerprint density at radius 1 is 1.44 bits per heavy atom. The highest BCUT2D eigenvalue weighted by atomic mass is 16.5. The molecule has 0 aromatic heterocycles. The van der Waals surface area contributed by atoms with E-state index in [9.17, 15) is 4.79 Å². The van der Waals surface area contributed by atoms with Gasteiger partial charge in [0.1, 0.15) is 0 Å². The van der Waals surface area contributed by atoms with Crippen LogP contribution in [-0.2, 0) is 4.79 Å². The van der Waals surface area contributed by atoms with Crippen LogP contribution >= 0.6 is 0 Å². The van der Waals surface area contributed by atoms with Gasteiger partial charge in [0, 0.05) is 11.6 Å². The number of carboxylic acid groups (broad SMARTS) is 1. The highest BCUT2D eigenvalue weighted by Crippen LogP contribution is 2.32. The van der Waals surface area contributed by atoms with Crippen molar-refractivity contribution in [1.82, 2.24) is 0 Å².